The van der Waals surface area contributed by atoms with E-state index in [0.717, 1.165) is 22.0 Å². The topological polar surface area (TPSA) is 76.0 Å². The van der Waals surface area contributed by atoms with Crippen LogP contribution in [0.15, 0.2) is 35.2 Å². The first kappa shape index (κ1) is 19.1. The van der Waals surface area contributed by atoms with Gasteiger partial charge in [-0.25, -0.2) is 4.68 Å². The minimum absolute atomic E-state index is 0.171. The zero-order valence-corrected chi connectivity index (χ0v) is 15.8. The van der Waals surface area contributed by atoms with Crippen molar-refractivity contribution in [1.29, 1.82) is 0 Å². The molecule has 6 nitrogen and oxygen atoms in total. The van der Waals surface area contributed by atoms with Gasteiger partial charge in [0.15, 0.2) is 0 Å². The minimum Gasteiger partial charge on any atom is -0.355 e. The molecule has 0 fully saturated rings. The van der Waals surface area contributed by atoms with E-state index in [2.05, 4.69) is 15.7 Å². The van der Waals surface area contributed by atoms with E-state index in [1.165, 1.54) is 11.8 Å². The van der Waals surface area contributed by atoms with Crippen LogP contribution in [-0.2, 0) is 9.59 Å². The molecular weight excluding hydrogens is 336 g/mol. The van der Waals surface area contributed by atoms with Crippen LogP contribution in [0.2, 0.25) is 0 Å². The Labute approximate surface area is 152 Å². The molecule has 2 aromatic rings. The fourth-order valence-electron chi connectivity index (χ4n) is 2.47. The van der Waals surface area contributed by atoms with E-state index in [4.69, 9.17) is 0 Å². The van der Waals surface area contributed by atoms with Gasteiger partial charge in [-0.1, -0.05) is 18.2 Å². The van der Waals surface area contributed by atoms with E-state index in [9.17, 15) is 9.59 Å². The van der Waals surface area contributed by atoms with Gasteiger partial charge < -0.3 is 10.6 Å². The van der Waals surface area contributed by atoms with E-state index in [1.54, 1.807) is 6.92 Å². The fourth-order valence-corrected chi connectivity index (χ4v) is 3.38. The predicted octanol–water partition coefficient (Wildman–Crippen LogP) is 2.22. The van der Waals surface area contributed by atoms with Gasteiger partial charge in [0.2, 0.25) is 11.8 Å². The molecular formula is C18H24N4O2S. The lowest BCUT2D eigenvalue weighted by Crippen LogP contribution is -2.45. The summed E-state index contributed by atoms with van der Waals surface area (Å²) in [5.41, 5.74) is 2.87. The molecule has 1 heterocycles. The Kier molecular flexibility index (Phi) is 6.64. The van der Waals surface area contributed by atoms with E-state index in [-0.39, 0.29) is 17.6 Å². The van der Waals surface area contributed by atoms with E-state index < -0.39 is 6.04 Å². The smallest absolute Gasteiger partial charge is 0.242 e. The summed E-state index contributed by atoms with van der Waals surface area (Å²) in [7, 11) is 0. The first-order valence-corrected chi connectivity index (χ1v) is 9.24. The van der Waals surface area contributed by atoms with Gasteiger partial charge in [-0.15, -0.1) is 11.8 Å². The van der Waals surface area contributed by atoms with Crippen molar-refractivity contribution in [1.82, 2.24) is 20.4 Å². The van der Waals surface area contributed by atoms with Crippen LogP contribution in [0.3, 0.4) is 0 Å². The molecule has 2 amide bonds. The van der Waals surface area contributed by atoms with Crippen LogP contribution in [0.4, 0.5) is 0 Å². The van der Waals surface area contributed by atoms with Gasteiger partial charge in [0.25, 0.3) is 0 Å². The number of hydrogen-bond donors (Lipinski definition) is 2. The highest BCUT2D eigenvalue weighted by Gasteiger charge is 2.17. The number of benzene rings is 1. The molecule has 1 atom stereocenters. The first-order valence-electron chi connectivity index (χ1n) is 8.25. The molecule has 0 aliphatic rings. The SMILES string of the molecule is CCNC(=O)[C@H](C)NC(=O)CSc1c(C)nn(-c2ccccc2)c1C. The van der Waals surface area contributed by atoms with E-state index >= 15 is 0 Å². The predicted molar refractivity (Wildman–Crippen MR) is 100 cm³/mol. The summed E-state index contributed by atoms with van der Waals surface area (Å²) in [4.78, 5) is 24.8. The third-order valence-electron chi connectivity index (χ3n) is 3.70. The fraction of sp³-hybridized carbons (Fsp3) is 0.389. The Hall–Kier alpha value is -2.28. The van der Waals surface area contributed by atoms with Crippen LogP contribution in [0.1, 0.15) is 25.2 Å². The van der Waals surface area contributed by atoms with E-state index in [0.29, 0.717) is 6.54 Å². The van der Waals surface area contributed by atoms with Crippen molar-refractivity contribution in [3.63, 3.8) is 0 Å². The Morgan fingerprint density at radius 1 is 1.24 bits per heavy atom. The molecule has 7 heteroatoms. The lowest BCUT2D eigenvalue weighted by Gasteiger charge is -2.13. The van der Waals surface area contributed by atoms with Crippen molar-refractivity contribution >= 4 is 23.6 Å². The quantitative estimate of drug-likeness (QED) is 0.743. The monoisotopic (exact) mass is 360 g/mol. The highest BCUT2D eigenvalue weighted by atomic mass is 32.2. The molecule has 2 rings (SSSR count). The first-order chi connectivity index (χ1) is 11.9. The molecule has 0 saturated carbocycles. The van der Waals surface area contributed by atoms with Crippen molar-refractivity contribution in [2.45, 2.75) is 38.6 Å². The number of likely N-dealkylation sites (N-methyl/N-ethyl adjacent to an activating group) is 1. The third-order valence-corrected chi connectivity index (χ3v) is 4.98. The maximum Gasteiger partial charge on any atom is 0.242 e. The standard InChI is InChI=1S/C18H24N4O2S/c1-5-19-18(24)13(3)20-16(23)11-25-17-12(2)21-22(14(17)4)15-9-7-6-8-10-15/h6-10,13H,5,11H2,1-4H3,(H,19,24)(H,20,23)/t13-/m0/s1. The van der Waals surface area contributed by atoms with Crippen LogP contribution in [0, 0.1) is 13.8 Å². The van der Waals surface area contributed by atoms with Crippen molar-refractivity contribution < 1.29 is 9.59 Å². The van der Waals surface area contributed by atoms with Crippen molar-refractivity contribution in [3.8, 4) is 5.69 Å². The number of aryl methyl sites for hydroxylation is 1. The molecule has 134 valence electrons. The van der Waals surface area contributed by atoms with Gasteiger partial charge in [-0.2, -0.15) is 5.10 Å². The van der Waals surface area contributed by atoms with Crippen molar-refractivity contribution in [2.75, 3.05) is 12.3 Å². The number of carbonyl (C=O) groups is 2. The van der Waals surface area contributed by atoms with Crippen LogP contribution in [-0.4, -0.2) is 39.9 Å². The average Bonchev–Trinajstić information content (AvgIpc) is 2.88. The van der Waals surface area contributed by atoms with Gasteiger partial charge in [0, 0.05) is 6.54 Å². The van der Waals surface area contributed by atoms with Gasteiger partial charge in [-0.05, 0) is 39.8 Å². The summed E-state index contributed by atoms with van der Waals surface area (Å²) < 4.78 is 1.88. The Balaban J connectivity index is 2.01. The molecule has 1 aromatic heterocycles. The largest absolute Gasteiger partial charge is 0.355 e. The highest BCUT2D eigenvalue weighted by Crippen LogP contribution is 2.27. The Morgan fingerprint density at radius 3 is 2.56 bits per heavy atom. The molecule has 0 unspecified atom stereocenters. The third kappa shape index (κ3) is 4.85. The zero-order valence-electron chi connectivity index (χ0n) is 15.0. The number of nitrogens with zero attached hydrogens (tertiary/aromatic N) is 2. The van der Waals surface area contributed by atoms with Crippen LogP contribution in [0.25, 0.3) is 5.69 Å². The zero-order chi connectivity index (χ0) is 18.4. The maximum absolute atomic E-state index is 12.1. The molecule has 2 N–H and O–H groups in total. The molecule has 0 radical (unpaired) electrons. The number of nitrogens with one attached hydrogen (secondary N) is 2. The summed E-state index contributed by atoms with van der Waals surface area (Å²) in [5, 5.41) is 9.98. The number of para-hydroxylation sites is 1. The van der Waals surface area contributed by atoms with E-state index in [1.807, 2.05) is 55.8 Å². The second-order valence-electron chi connectivity index (χ2n) is 5.72. The van der Waals surface area contributed by atoms with Crippen LogP contribution < -0.4 is 10.6 Å². The molecule has 0 aliphatic heterocycles. The second-order valence-corrected chi connectivity index (χ2v) is 6.71. The van der Waals surface area contributed by atoms with Crippen LogP contribution >= 0.6 is 11.8 Å². The maximum atomic E-state index is 12.1. The lowest BCUT2D eigenvalue weighted by molar-refractivity contribution is -0.127. The van der Waals surface area contributed by atoms with Crippen LogP contribution in [0.5, 0.6) is 0 Å². The lowest BCUT2D eigenvalue weighted by atomic mass is 10.3. The van der Waals surface area contributed by atoms with Gasteiger partial charge in [0.05, 0.1) is 27.7 Å². The molecule has 0 bridgehead atoms. The summed E-state index contributed by atoms with van der Waals surface area (Å²) in [5.74, 6) is -0.105. The summed E-state index contributed by atoms with van der Waals surface area (Å²) in [6.07, 6.45) is 0. The highest BCUT2D eigenvalue weighted by molar-refractivity contribution is 8.00. The number of thioether (sulfide) groups is 1. The van der Waals surface area contributed by atoms with Crippen molar-refractivity contribution in [3.05, 3.63) is 41.7 Å². The number of carbonyl (C=O) groups excluding carboxylic acids is 2. The number of amides is 2. The Morgan fingerprint density at radius 2 is 1.92 bits per heavy atom. The Bertz CT molecular complexity index is 743. The summed E-state index contributed by atoms with van der Waals surface area (Å²) >= 11 is 1.44. The van der Waals surface area contributed by atoms with Gasteiger partial charge in [0.1, 0.15) is 6.04 Å². The molecule has 1 aromatic carbocycles. The number of hydrogen-bond acceptors (Lipinski definition) is 4. The number of aromatic nitrogens is 2. The van der Waals surface area contributed by atoms with Crippen molar-refractivity contribution in [2.24, 2.45) is 0 Å². The van der Waals surface area contributed by atoms with Gasteiger partial charge in [-0.3, -0.25) is 9.59 Å². The molecule has 0 aliphatic carbocycles. The normalized spacial score (nSPS) is 11.8. The minimum atomic E-state index is -0.540. The molecule has 0 saturated heterocycles. The molecule has 0 spiro atoms. The summed E-state index contributed by atoms with van der Waals surface area (Å²) in [6, 6.07) is 9.35. The molecule has 25 heavy (non-hydrogen) atoms. The average molecular weight is 360 g/mol. The summed E-state index contributed by atoms with van der Waals surface area (Å²) in [6.45, 7) is 8.00. The second kappa shape index (κ2) is 8.71. The number of rotatable bonds is 7. The van der Waals surface area contributed by atoms with Gasteiger partial charge >= 0.3 is 0 Å².